The predicted octanol–water partition coefficient (Wildman–Crippen LogP) is 2.55. The van der Waals surface area contributed by atoms with Gasteiger partial charge in [0, 0.05) is 12.0 Å². The minimum absolute atomic E-state index is 0.0347. The quantitative estimate of drug-likeness (QED) is 0.889. The fourth-order valence-electron chi connectivity index (χ4n) is 2.76. The fourth-order valence-corrected chi connectivity index (χ4v) is 2.76. The van der Waals surface area contributed by atoms with Gasteiger partial charge in [-0.25, -0.2) is 9.78 Å². The molecular formula is C18H18N2O3. The average Bonchev–Trinajstić information content (AvgIpc) is 3.34. The Balaban J connectivity index is 1.69. The number of aryl methyl sites for hydroxylation is 1. The summed E-state index contributed by atoms with van der Waals surface area (Å²) in [6.07, 6.45) is 2.11. The summed E-state index contributed by atoms with van der Waals surface area (Å²) in [4.78, 5) is 27.3. The number of amides is 1. The van der Waals surface area contributed by atoms with Crippen LogP contribution in [0.3, 0.4) is 0 Å². The van der Waals surface area contributed by atoms with E-state index >= 15 is 0 Å². The molecule has 1 heterocycles. The molecule has 1 aliphatic rings. The highest BCUT2D eigenvalue weighted by atomic mass is 16.4. The zero-order valence-corrected chi connectivity index (χ0v) is 12.9. The third-order valence-corrected chi connectivity index (χ3v) is 4.38. The van der Waals surface area contributed by atoms with E-state index in [9.17, 15) is 9.59 Å². The Kier molecular flexibility index (Phi) is 3.86. The van der Waals surface area contributed by atoms with Crippen LogP contribution in [0.1, 0.15) is 44.9 Å². The molecule has 0 atom stereocenters. The fraction of sp³-hybridized carbons (Fsp3) is 0.278. The highest BCUT2D eigenvalue weighted by Gasteiger charge is 2.44. The van der Waals surface area contributed by atoms with Gasteiger partial charge in [0.1, 0.15) is 5.69 Å². The lowest BCUT2D eigenvalue weighted by Gasteiger charge is -2.16. The molecule has 0 bridgehead atoms. The number of nitrogens with one attached hydrogen (secondary N) is 1. The monoisotopic (exact) mass is 310 g/mol. The van der Waals surface area contributed by atoms with Crippen molar-refractivity contribution in [3.05, 3.63) is 65.0 Å². The van der Waals surface area contributed by atoms with Crippen molar-refractivity contribution in [2.75, 3.05) is 6.54 Å². The summed E-state index contributed by atoms with van der Waals surface area (Å²) in [6.45, 7) is 2.16. The third-order valence-electron chi connectivity index (χ3n) is 4.38. The van der Waals surface area contributed by atoms with Gasteiger partial charge < -0.3 is 10.4 Å². The van der Waals surface area contributed by atoms with Crippen LogP contribution in [-0.4, -0.2) is 28.5 Å². The molecule has 1 aromatic heterocycles. The van der Waals surface area contributed by atoms with Gasteiger partial charge in [0.05, 0.1) is 11.3 Å². The molecule has 0 radical (unpaired) electrons. The molecule has 1 aromatic carbocycles. The van der Waals surface area contributed by atoms with Crippen LogP contribution in [0, 0.1) is 6.92 Å². The molecule has 5 nitrogen and oxygen atoms in total. The molecule has 1 amide bonds. The maximum atomic E-state index is 12.3. The summed E-state index contributed by atoms with van der Waals surface area (Å²) in [6, 6.07) is 13.0. The summed E-state index contributed by atoms with van der Waals surface area (Å²) in [7, 11) is 0. The van der Waals surface area contributed by atoms with Crippen molar-refractivity contribution < 1.29 is 14.7 Å². The van der Waals surface area contributed by atoms with Crippen molar-refractivity contribution in [3.63, 3.8) is 0 Å². The van der Waals surface area contributed by atoms with Crippen LogP contribution in [0.2, 0.25) is 0 Å². The molecular weight excluding hydrogens is 292 g/mol. The number of benzene rings is 1. The number of aromatic carboxylic acids is 1. The van der Waals surface area contributed by atoms with Gasteiger partial charge in [-0.2, -0.15) is 0 Å². The molecule has 2 aromatic rings. The van der Waals surface area contributed by atoms with Crippen LogP contribution < -0.4 is 5.32 Å². The van der Waals surface area contributed by atoms with Crippen LogP contribution in [-0.2, 0) is 5.41 Å². The van der Waals surface area contributed by atoms with Crippen LogP contribution in [0.25, 0.3) is 0 Å². The van der Waals surface area contributed by atoms with Gasteiger partial charge in [0.2, 0.25) is 0 Å². The van der Waals surface area contributed by atoms with Crippen LogP contribution in [0.15, 0.2) is 42.5 Å². The highest BCUT2D eigenvalue weighted by Crippen LogP contribution is 2.47. The second-order valence-corrected chi connectivity index (χ2v) is 5.96. The lowest BCUT2D eigenvalue weighted by Crippen LogP contribution is -2.32. The summed E-state index contributed by atoms with van der Waals surface area (Å²) in [5, 5.41) is 11.9. The number of hydrogen-bond acceptors (Lipinski definition) is 3. The molecule has 0 aliphatic heterocycles. The zero-order chi connectivity index (χ0) is 16.4. The number of carboxylic acid groups (broad SMARTS) is 1. The maximum absolute atomic E-state index is 12.3. The Morgan fingerprint density at radius 1 is 1.17 bits per heavy atom. The average molecular weight is 310 g/mol. The van der Waals surface area contributed by atoms with Gasteiger partial charge in [-0.3, -0.25) is 4.79 Å². The second-order valence-electron chi connectivity index (χ2n) is 5.96. The molecule has 1 fully saturated rings. The van der Waals surface area contributed by atoms with Crippen LogP contribution in [0.5, 0.6) is 0 Å². The SMILES string of the molecule is Cc1nc(C(=O)NCC2(c3ccccc3)CC2)ccc1C(=O)O. The molecule has 1 aliphatic carbocycles. The summed E-state index contributed by atoms with van der Waals surface area (Å²) in [5.41, 5.74) is 1.98. The van der Waals surface area contributed by atoms with Crippen molar-refractivity contribution in [1.82, 2.24) is 10.3 Å². The lowest BCUT2D eigenvalue weighted by atomic mass is 9.96. The summed E-state index contributed by atoms with van der Waals surface area (Å²) >= 11 is 0. The van der Waals surface area contributed by atoms with E-state index in [1.807, 2.05) is 18.2 Å². The van der Waals surface area contributed by atoms with E-state index in [0.29, 0.717) is 12.2 Å². The van der Waals surface area contributed by atoms with Crippen molar-refractivity contribution >= 4 is 11.9 Å². The second kappa shape index (κ2) is 5.83. The first kappa shape index (κ1) is 15.2. The topological polar surface area (TPSA) is 79.3 Å². The maximum Gasteiger partial charge on any atom is 0.337 e. The predicted molar refractivity (Wildman–Crippen MR) is 85.6 cm³/mol. The number of hydrogen-bond donors (Lipinski definition) is 2. The molecule has 1 saturated carbocycles. The van der Waals surface area contributed by atoms with Gasteiger partial charge in [-0.05, 0) is 37.5 Å². The van der Waals surface area contributed by atoms with Gasteiger partial charge in [0.25, 0.3) is 5.91 Å². The number of aromatic nitrogens is 1. The number of carboxylic acids is 1. The molecule has 5 heteroatoms. The first-order valence-corrected chi connectivity index (χ1v) is 7.56. The largest absolute Gasteiger partial charge is 0.478 e. The van der Waals surface area contributed by atoms with Gasteiger partial charge in [-0.15, -0.1) is 0 Å². The number of carbonyl (C=O) groups is 2. The first-order valence-electron chi connectivity index (χ1n) is 7.56. The van der Waals surface area contributed by atoms with Crippen molar-refractivity contribution in [2.24, 2.45) is 0 Å². The van der Waals surface area contributed by atoms with Crippen molar-refractivity contribution in [2.45, 2.75) is 25.2 Å². The molecule has 0 unspecified atom stereocenters. The number of carbonyl (C=O) groups excluding carboxylic acids is 1. The van der Waals surface area contributed by atoms with E-state index < -0.39 is 5.97 Å². The molecule has 118 valence electrons. The number of rotatable bonds is 5. The smallest absolute Gasteiger partial charge is 0.337 e. The standard InChI is InChI=1S/C18H18N2O3/c1-12-14(17(22)23)7-8-15(20-12)16(21)19-11-18(9-10-18)13-5-3-2-4-6-13/h2-8H,9-11H2,1H3,(H,19,21)(H,22,23). The van der Waals surface area contributed by atoms with E-state index in [1.54, 1.807) is 6.92 Å². The van der Waals surface area contributed by atoms with Gasteiger partial charge >= 0.3 is 5.97 Å². The molecule has 0 spiro atoms. The Morgan fingerprint density at radius 2 is 1.87 bits per heavy atom. The van der Waals surface area contributed by atoms with Crippen molar-refractivity contribution in [3.8, 4) is 0 Å². The van der Waals surface area contributed by atoms with E-state index in [4.69, 9.17) is 5.11 Å². The minimum Gasteiger partial charge on any atom is -0.478 e. The zero-order valence-electron chi connectivity index (χ0n) is 12.9. The molecule has 0 saturated heterocycles. The Labute approximate surface area is 134 Å². The van der Waals surface area contributed by atoms with E-state index in [1.165, 1.54) is 17.7 Å². The van der Waals surface area contributed by atoms with E-state index in [0.717, 1.165) is 12.8 Å². The third kappa shape index (κ3) is 3.08. The lowest BCUT2D eigenvalue weighted by molar-refractivity contribution is 0.0694. The normalized spacial score (nSPS) is 15.0. The molecule has 3 rings (SSSR count). The van der Waals surface area contributed by atoms with Gasteiger partial charge in [-0.1, -0.05) is 30.3 Å². The molecule has 2 N–H and O–H groups in total. The van der Waals surface area contributed by atoms with Crippen molar-refractivity contribution in [1.29, 1.82) is 0 Å². The minimum atomic E-state index is -1.04. The molecule has 23 heavy (non-hydrogen) atoms. The number of nitrogens with zero attached hydrogens (tertiary/aromatic N) is 1. The number of pyridine rings is 1. The van der Waals surface area contributed by atoms with Gasteiger partial charge in [0.15, 0.2) is 0 Å². The first-order chi connectivity index (χ1) is 11.0. The van der Waals surface area contributed by atoms with E-state index in [-0.39, 0.29) is 22.6 Å². The highest BCUT2D eigenvalue weighted by molar-refractivity contribution is 5.94. The van der Waals surface area contributed by atoms with Crippen LogP contribution in [0.4, 0.5) is 0 Å². The summed E-state index contributed by atoms with van der Waals surface area (Å²) < 4.78 is 0. The van der Waals surface area contributed by atoms with E-state index in [2.05, 4.69) is 22.4 Å². The van der Waals surface area contributed by atoms with Crippen LogP contribution >= 0.6 is 0 Å². The Hall–Kier alpha value is -2.69. The Bertz CT molecular complexity index is 752. The summed E-state index contributed by atoms with van der Waals surface area (Å²) in [5.74, 6) is -1.31. The Morgan fingerprint density at radius 3 is 2.43 bits per heavy atom.